The number of thiophene rings is 5. The zero-order valence-corrected chi connectivity index (χ0v) is 29.9. The van der Waals surface area contributed by atoms with Crippen molar-refractivity contribution in [1.29, 1.82) is 0 Å². The molecule has 0 aliphatic carbocycles. The summed E-state index contributed by atoms with van der Waals surface area (Å²) >= 11 is 20.0. The molecule has 0 saturated heterocycles. The first kappa shape index (κ1) is 32.8. The molecule has 0 bridgehead atoms. The highest BCUT2D eigenvalue weighted by molar-refractivity contribution is 7.30. The van der Waals surface area contributed by atoms with E-state index < -0.39 is 10.5 Å². The van der Waals surface area contributed by atoms with Crippen molar-refractivity contribution in [3.63, 3.8) is 0 Å². The van der Waals surface area contributed by atoms with Gasteiger partial charge in [-0.15, -0.1) is 56.7 Å². The van der Waals surface area contributed by atoms with E-state index in [1.807, 2.05) is 35.6 Å². The van der Waals surface area contributed by atoms with E-state index in [4.69, 9.17) is 23.2 Å². The summed E-state index contributed by atoms with van der Waals surface area (Å²) in [4.78, 5) is 34.4. The molecule has 0 unspecified atom stereocenters. The van der Waals surface area contributed by atoms with Gasteiger partial charge < -0.3 is 0 Å². The molecule has 0 N–H and O–H groups in total. The molecule has 9 heteroatoms. The minimum absolute atomic E-state index is 0.402. The SMILES string of the molecule is CCCCCCc1c(-c2ccc(-c3ccc(C(=O)Cl)s3)s2)sc(-c2ccc(-c3ccc(C(=O)Cl)s3)s2)c1CCCCCC. The Labute approximate surface area is 284 Å². The van der Waals surface area contributed by atoms with Crippen molar-refractivity contribution in [3.8, 4) is 39.0 Å². The highest BCUT2D eigenvalue weighted by Gasteiger charge is 2.23. The Hall–Kier alpha value is -1.58. The van der Waals surface area contributed by atoms with Gasteiger partial charge in [0.2, 0.25) is 0 Å². The lowest BCUT2D eigenvalue weighted by atomic mass is 9.96. The summed E-state index contributed by atoms with van der Waals surface area (Å²) in [5, 5.41) is -0.803. The Bertz CT molecular complexity index is 1560. The van der Waals surface area contributed by atoms with Gasteiger partial charge >= 0.3 is 0 Å². The second-order valence-electron chi connectivity index (χ2n) is 10.5. The van der Waals surface area contributed by atoms with Crippen LogP contribution in [0.25, 0.3) is 39.0 Å². The minimum atomic E-state index is -0.402. The second-order valence-corrected chi connectivity index (χ2v) is 16.6. The highest BCUT2D eigenvalue weighted by atomic mass is 35.5. The molecular formula is C34H34Cl2O2S5. The van der Waals surface area contributed by atoms with Crippen LogP contribution in [0.1, 0.15) is 95.7 Å². The fourth-order valence-electron chi connectivity index (χ4n) is 5.22. The van der Waals surface area contributed by atoms with Gasteiger partial charge in [-0.2, -0.15) is 0 Å². The molecule has 0 radical (unpaired) electrons. The lowest BCUT2D eigenvalue weighted by Gasteiger charge is -2.09. The number of carbonyl (C=O) groups is 2. The van der Waals surface area contributed by atoms with Crippen LogP contribution in [0.4, 0.5) is 0 Å². The third kappa shape index (κ3) is 7.99. The van der Waals surface area contributed by atoms with Crippen molar-refractivity contribution >= 4 is 90.4 Å². The Morgan fingerprint density at radius 1 is 0.488 bits per heavy atom. The van der Waals surface area contributed by atoms with Crippen LogP contribution in [0.3, 0.4) is 0 Å². The number of hydrogen-bond donors (Lipinski definition) is 0. The zero-order chi connectivity index (χ0) is 30.3. The molecule has 226 valence electrons. The number of rotatable bonds is 16. The van der Waals surface area contributed by atoms with E-state index in [-0.39, 0.29) is 0 Å². The lowest BCUT2D eigenvalue weighted by molar-refractivity contribution is 0.107. The van der Waals surface area contributed by atoms with Gasteiger partial charge in [-0.05, 0) is 109 Å². The monoisotopic (exact) mass is 704 g/mol. The normalized spacial score (nSPS) is 11.4. The van der Waals surface area contributed by atoms with E-state index in [0.717, 1.165) is 22.6 Å². The first-order chi connectivity index (χ1) is 20.9. The number of halogens is 2. The molecule has 5 heterocycles. The predicted octanol–water partition coefficient (Wildman–Crippen LogP) is 13.7. The largest absolute Gasteiger partial charge is 0.275 e. The van der Waals surface area contributed by atoms with Crippen LogP contribution in [-0.2, 0) is 12.8 Å². The minimum Gasteiger partial charge on any atom is -0.275 e. The van der Waals surface area contributed by atoms with Gasteiger partial charge in [-0.25, -0.2) is 0 Å². The van der Waals surface area contributed by atoms with Crippen LogP contribution in [-0.4, -0.2) is 10.5 Å². The maximum absolute atomic E-state index is 11.7. The Kier molecular flexibility index (Phi) is 11.9. The predicted molar refractivity (Wildman–Crippen MR) is 194 cm³/mol. The van der Waals surface area contributed by atoms with E-state index in [2.05, 4.69) is 38.1 Å². The van der Waals surface area contributed by atoms with Gasteiger partial charge in [0.25, 0.3) is 10.5 Å². The molecule has 5 aromatic rings. The standard InChI is InChI=1S/C34H34Cl2O2S5/c1-3-5-7-9-11-21-22(12-10-8-6-4-2)32(28-18-14-24(40-28)26-16-20-30(42-26)34(36)38)43-31(21)27-17-13-23(39-27)25-15-19-29(41-25)33(35)37/h13-20H,3-12H2,1-2H3. The fourth-order valence-corrected chi connectivity index (χ4v) is 11.1. The summed E-state index contributed by atoms with van der Waals surface area (Å²) < 4.78 is 0. The molecule has 0 aliphatic heterocycles. The topological polar surface area (TPSA) is 34.1 Å². The van der Waals surface area contributed by atoms with Crippen molar-refractivity contribution in [2.24, 2.45) is 0 Å². The second kappa shape index (κ2) is 15.6. The maximum Gasteiger partial charge on any atom is 0.262 e. The molecule has 43 heavy (non-hydrogen) atoms. The van der Waals surface area contributed by atoms with Crippen molar-refractivity contribution in [1.82, 2.24) is 0 Å². The smallest absolute Gasteiger partial charge is 0.262 e. The molecule has 2 nitrogen and oxygen atoms in total. The third-order valence-corrected chi connectivity index (χ3v) is 14.4. The molecule has 0 atom stereocenters. The zero-order valence-electron chi connectivity index (χ0n) is 24.3. The average molecular weight is 706 g/mol. The first-order valence-electron chi connectivity index (χ1n) is 14.8. The van der Waals surface area contributed by atoms with E-state index in [1.54, 1.807) is 22.7 Å². The van der Waals surface area contributed by atoms with Crippen molar-refractivity contribution in [2.45, 2.75) is 78.1 Å². The van der Waals surface area contributed by atoms with Crippen LogP contribution >= 0.6 is 79.9 Å². The average Bonchev–Trinajstić information content (AvgIpc) is 3.82. The summed E-state index contributed by atoms with van der Waals surface area (Å²) in [6.07, 6.45) is 12.1. The Morgan fingerprint density at radius 2 is 0.860 bits per heavy atom. The Balaban J connectivity index is 1.55. The number of carbonyl (C=O) groups excluding carboxylic acids is 2. The summed E-state index contributed by atoms with van der Waals surface area (Å²) in [7, 11) is 0. The molecular weight excluding hydrogens is 672 g/mol. The molecule has 0 aromatic carbocycles. The molecule has 5 rings (SSSR count). The lowest BCUT2D eigenvalue weighted by Crippen LogP contribution is -1.95. The van der Waals surface area contributed by atoms with Crippen LogP contribution in [0.5, 0.6) is 0 Å². The molecule has 0 spiro atoms. The van der Waals surface area contributed by atoms with Crippen LogP contribution in [0.2, 0.25) is 0 Å². The van der Waals surface area contributed by atoms with Gasteiger partial charge in [0.1, 0.15) is 0 Å². The van der Waals surface area contributed by atoms with Gasteiger partial charge in [0.15, 0.2) is 0 Å². The van der Waals surface area contributed by atoms with Gasteiger partial charge in [0, 0.05) is 39.0 Å². The maximum atomic E-state index is 11.7. The van der Waals surface area contributed by atoms with Gasteiger partial charge in [0.05, 0.1) is 9.75 Å². The fraction of sp³-hybridized carbons (Fsp3) is 0.353. The molecule has 0 saturated carbocycles. The molecule has 0 fully saturated rings. The van der Waals surface area contributed by atoms with Crippen LogP contribution in [0.15, 0.2) is 48.5 Å². The third-order valence-electron chi connectivity index (χ3n) is 7.42. The van der Waals surface area contributed by atoms with Gasteiger partial charge in [-0.3, -0.25) is 9.59 Å². The molecule has 5 aromatic heterocycles. The van der Waals surface area contributed by atoms with E-state index in [9.17, 15) is 9.59 Å². The summed E-state index contributed by atoms with van der Waals surface area (Å²) in [5.74, 6) is 0. The van der Waals surface area contributed by atoms with Crippen molar-refractivity contribution in [2.75, 3.05) is 0 Å². The molecule has 0 aliphatic rings. The Morgan fingerprint density at radius 3 is 1.23 bits per heavy atom. The molecule has 0 amide bonds. The quantitative estimate of drug-likeness (QED) is 0.0756. The van der Waals surface area contributed by atoms with E-state index in [1.165, 1.54) is 114 Å². The highest BCUT2D eigenvalue weighted by Crippen LogP contribution is 2.50. The van der Waals surface area contributed by atoms with Gasteiger partial charge in [-0.1, -0.05) is 52.4 Å². The summed E-state index contributed by atoms with van der Waals surface area (Å²) in [5.41, 5.74) is 3.04. The van der Waals surface area contributed by atoms with E-state index in [0.29, 0.717) is 9.75 Å². The summed E-state index contributed by atoms with van der Waals surface area (Å²) in [6, 6.07) is 16.5. The number of unbranched alkanes of at least 4 members (excludes halogenated alkanes) is 6. The first-order valence-corrected chi connectivity index (χ1v) is 19.7. The van der Waals surface area contributed by atoms with Crippen molar-refractivity contribution < 1.29 is 9.59 Å². The van der Waals surface area contributed by atoms with Crippen LogP contribution in [0, 0.1) is 0 Å². The number of hydrogen-bond acceptors (Lipinski definition) is 7. The van der Waals surface area contributed by atoms with Crippen molar-refractivity contribution in [3.05, 3.63) is 69.4 Å². The van der Waals surface area contributed by atoms with Crippen LogP contribution < -0.4 is 0 Å². The summed E-state index contributed by atoms with van der Waals surface area (Å²) in [6.45, 7) is 4.53. The van der Waals surface area contributed by atoms with E-state index >= 15 is 0 Å².